The summed E-state index contributed by atoms with van der Waals surface area (Å²) in [5.74, 6) is 0.868. The summed E-state index contributed by atoms with van der Waals surface area (Å²) < 4.78 is 6.80. The molecule has 1 aromatic heterocycles. The third-order valence-electron chi connectivity index (χ3n) is 11.1. The third-order valence-corrected chi connectivity index (χ3v) is 11.1. The number of furan rings is 1. The monoisotopic (exact) mass is 705 g/mol. The van der Waals surface area contributed by atoms with Crippen LogP contribution in [0.5, 0.6) is 0 Å². The van der Waals surface area contributed by atoms with Crippen LogP contribution in [-0.2, 0) is 0 Å². The van der Waals surface area contributed by atoms with Crippen LogP contribution in [0.2, 0.25) is 0 Å². The van der Waals surface area contributed by atoms with Gasteiger partial charge < -0.3 is 9.73 Å². The van der Waals surface area contributed by atoms with Crippen molar-refractivity contribution < 1.29 is 4.42 Å². The molecule has 0 saturated carbocycles. The minimum atomic E-state index is -0.217. The fourth-order valence-electron chi connectivity index (χ4n) is 8.51. The lowest BCUT2D eigenvalue weighted by molar-refractivity contribution is 0.411. The molecule has 0 aliphatic carbocycles. The standard InChI is InChI=1S/C51H35N3O/c1-3-15-33(16-4-1)49-52-50(34-17-5-2-6-18-34)54-51(53-49)43-27-26-42(40-23-11-12-24-41(40)43)44-29-37(39-25-13-21-32-14-9-10-22-38(32)39)31-47-48(44)45-28-35-19-7-8-20-36(35)30-46(45)55-47/h1-31,49,51,53H,(H,52,54). The molecule has 2 heterocycles. The van der Waals surface area contributed by atoms with Crippen LogP contribution in [-0.4, -0.2) is 5.84 Å². The summed E-state index contributed by atoms with van der Waals surface area (Å²) in [6.07, 6.45) is -0.412. The first-order valence-electron chi connectivity index (χ1n) is 18.9. The first-order valence-corrected chi connectivity index (χ1v) is 18.9. The van der Waals surface area contributed by atoms with E-state index in [1.807, 2.05) is 12.1 Å². The van der Waals surface area contributed by atoms with Crippen LogP contribution in [0, 0.1) is 0 Å². The summed E-state index contributed by atoms with van der Waals surface area (Å²) in [5.41, 5.74) is 9.73. The second-order valence-corrected chi connectivity index (χ2v) is 14.4. The van der Waals surface area contributed by atoms with Crippen LogP contribution >= 0.6 is 0 Å². The first-order chi connectivity index (χ1) is 27.2. The van der Waals surface area contributed by atoms with Gasteiger partial charge in [-0.1, -0.05) is 164 Å². The van der Waals surface area contributed by atoms with Crippen LogP contribution in [0.25, 0.3) is 76.5 Å². The lowest BCUT2D eigenvalue weighted by Gasteiger charge is -2.33. The molecular weight excluding hydrogens is 671 g/mol. The summed E-state index contributed by atoms with van der Waals surface area (Å²) in [6.45, 7) is 0. The van der Waals surface area contributed by atoms with E-state index in [0.717, 1.165) is 61.2 Å². The highest BCUT2D eigenvalue weighted by molar-refractivity contribution is 6.19. The maximum atomic E-state index is 6.80. The number of nitrogens with zero attached hydrogens (tertiary/aromatic N) is 1. The van der Waals surface area contributed by atoms with Gasteiger partial charge in [0.05, 0.1) is 0 Å². The number of aliphatic imine (C=N–C) groups is 1. The molecule has 11 rings (SSSR count). The molecule has 0 radical (unpaired) electrons. The van der Waals surface area contributed by atoms with E-state index in [1.165, 1.54) is 37.9 Å². The van der Waals surface area contributed by atoms with Crippen molar-refractivity contribution in [3.05, 3.63) is 205 Å². The zero-order chi connectivity index (χ0) is 36.3. The van der Waals surface area contributed by atoms with Gasteiger partial charge in [-0.15, -0.1) is 0 Å². The molecule has 4 heteroatoms. The largest absolute Gasteiger partial charge is 0.456 e. The van der Waals surface area contributed by atoms with E-state index in [4.69, 9.17) is 9.41 Å². The van der Waals surface area contributed by atoms with Crippen molar-refractivity contribution in [2.45, 2.75) is 12.3 Å². The van der Waals surface area contributed by atoms with Gasteiger partial charge >= 0.3 is 0 Å². The molecule has 0 saturated heterocycles. The predicted octanol–water partition coefficient (Wildman–Crippen LogP) is 12.7. The van der Waals surface area contributed by atoms with Crippen LogP contribution in [0.4, 0.5) is 0 Å². The quantitative estimate of drug-likeness (QED) is 0.187. The van der Waals surface area contributed by atoms with Crippen molar-refractivity contribution in [1.82, 2.24) is 10.6 Å². The number of hydrogen-bond donors (Lipinski definition) is 2. The Labute approximate surface area is 318 Å². The molecule has 9 aromatic carbocycles. The average molecular weight is 706 g/mol. The van der Waals surface area contributed by atoms with Crippen molar-refractivity contribution in [3.8, 4) is 22.3 Å². The number of rotatable bonds is 5. The van der Waals surface area contributed by atoms with E-state index in [9.17, 15) is 0 Å². The van der Waals surface area contributed by atoms with Gasteiger partial charge in [0.15, 0.2) is 0 Å². The molecule has 0 spiro atoms. The number of fused-ring (bicyclic) bond motifs is 6. The molecule has 2 N–H and O–H groups in total. The first kappa shape index (κ1) is 31.5. The van der Waals surface area contributed by atoms with Gasteiger partial charge in [-0.2, -0.15) is 0 Å². The van der Waals surface area contributed by atoms with Gasteiger partial charge in [0.2, 0.25) is 0 Å². The Balaban J connectivity index is 1.13. The van der Waals surface area contributed by atoms with Crippen LogP contribution in [0.15, 0.2) is 197 Å². The molecular formula is C51H35N3O. The van der Waals surface area contributed by atoms with Crippen molar-refractivity contribution >= 4 is 60.1 Å². The molecule has 0 amide bonds. The molecule has 0 bridgehead atoms. The Morgan fingerprint density at radius 1 is 0.436 bits per heavy atom. The highest BCUT2D eigenvalue weighted by Gasteiger charge is 2.27. The van der Waals surface area contributed by atoms with E-state index in [0.29, 0.717) is 0 Å². The van der Waals surface area contributed by atoms with E-state index in [2.05, 4.69) is 187 Å². The summed E-state index contributed by atoms with van der Waals surface area (Å²) in [4.78, 5) is 5.17. The number of benzene rings is 9. The van der Waals surface area contributed by atoms with Gasteiger partial charge in [-0.25, -0.2) is 4.99 Å². The Morgan fingerprint density at radius 3 is 1.93 bits per heavy atom. The van der Waals surface area contributed by atoms with Crippen LogP contribution in [0.1, 0.15) is 29.0 Å². The third kappa shape index (κ3) is 5.38. The van der Waals surface area contributed by atoms with Gasteiger partial charge in [0.25, 0.3) is 0 Å². The molecule has 1 aliphatic rings. The average Bonchev–Trinajstić information content (AvgIpc) is 3.62. The van der Waals surface area contributed by atoms with E-state index >= 15 is 0 Å². The maximum absolute atomic E-state index is 6.80. The SMILES string of the molecule is c1ccc(C2=NC(c3ccccc3)NC(c3ccc(-c4cc(-c5cccc6ccccc56)cc5oc6cc7ccccc7cc6c45)c4ccccc34)N2)cc1. The van der Waals surface area contributed by atoms with Gasteiger partial charge in [-0.3, -0.25) is 5.32 Å². The molecule has 10 aromatic rings. The second kappa shape index (κ2) is 12.8. The minimum Gasteiger partial charge on any atom is -0.456 e. The van der Waals surface area contributed by atoms with Crippen LogP contribution in [0.3, 0.4) is 0 Å². The highest BCUT2D eigenvalue weighted by atomic mass is 16.3. The number of hydrogen-bond acceptors (Lipinski definition) is 4. The summed E-state index contributed by atoms with van der Waals surface area (Å²) in [7, 11) is 0. The minimum absolute atomic E-state index is 0.194. The second-order valence-electron chi connectivity index (χ2n) is 14.4. The molecule has 4 nitrogen and oxygen atoms in total. The van der Waals surface area contributed by atoms with Gasteiger partial charge in [-0.05, 0) is 90.0 Å². The molecule has 55 heavy (non-hydrogen) atoms. The fourth-order valence-corrected chi connectivity index (χ4v) is 8.51. The molecule has 1 aliphatic heterocycles. The highest BCUT2D eigenvalue weighted by Crippen LogP contribution is 2.45. The zero-order valence-electron chi connectivity index (χ0n) is 29.9. The molecule has 0 fully saturated rings. The van der Waals surface area contributed by atoms with E-state index in [1.54, 1.807) is 0 Å². The number of nitrogens with one attached hydrogen (secondary N) is 2. The van der Waals surface area contributed by atoms with Gasteiger partial charge in [0.1, 0.15) is 29.3 Å². The van der Waals surface area contributed by atoms with E-state index in [-0.39, 0.29) is 12.3 Å². The zero-order valence-corrected chi connectivity index (χ0v) is 29.9. The topological polar surface area (TPSA) is 49.6 Å². The lowest BCUT2D eigenvalue weighted by atomic mass is 9.88. The van der Waals surface area contributed by atoms with Gasteiger partial charge in [0, 0.05) is 16.3 Å². The van der Waals surface area contributed by atoms with E-state index < -0.39 is 0 Å². The summed E-state index contributed by atoms with van der Waals surface area (Å²) in [5, 5.41) is 17.0. The smallest absolute Gasteiger partial charge is 0.136 e. The summed E-state index contributed by atoms with van der Waals surface area (Å²) in [6, 6.07) is 67.0. The van der Waals surface area contributed by atoms with Crippen molar-refractivity contribution in [2.75, 3.05) is 0 Å². The predicted molar refractivity (Wildman–Crippen MR) is 228 cm³/mol. The summed E-state index contributed by atoms with van der Waals surface area (Å²) >= 11 is 0. The normalized spacial score (nSPS) is 15.8. The van der Waals surface area contributed by atoms with Crippen molar-refractivity contribution in [3.63, 3.8) is 0 Å². The Kier molecular flexibility index (Phi) is 7.35. The Hall–Kier alpha value is -7.01. The molecule has 2 unspecified atom stereocenters. The maximum Gasteiger partial charge on any atom is 0.136 e. The van der Waals surface area contributed by atoms with Crippen molar-refractivity contribution in [1.29, 1.82) is 0 Å². The fraction of sp³-hybridized carbons (Fsp3) is 0.0392. The number of amidine groups is 1. The molecule has 260 valence electrons. The van der Waals surface area contributed by atoms with Crippen molar-refractivity contribution in [2.24, 2.45) is 4.99 Å². The van der Waals surface area contributed by atoms with Crippen LogP contribution < -0.4 is 10.6 Å². The Morgan fingerprint density at radius 2 is 1.11 bits per heavy atom. The Bertz CT molecular complexity index is 3100. The lowest BCUT2D eigenvalue weighted by Crippen LogP contribution is -2.45. The molecule has 2 atom stereocenters.